The van der Waals surface area contributed by atoms with Gasteiger partial charge in [0.25, 0.3) is 0 Å². The molecule has 13 heteroatoms. The SMILES string of the molecule is CCc1nc2c(C)cc(N3CCC4(CC3)CN(S(=O)(=O)CCCN(C)C)C4)cn2c1N(C)c1nc(-c2ccc(F)cc2)c(C#N)s1. The Labute approximate surface area is 274 Å². The number of pyridine rings is 1. The molecule has 2 aliphatic heterocycles. The molecule has 0 saturated carbocycles. The largest absolute Gasteiger partial charge is 0.370 e. The number of aromatic nitrogens is 3. The number of nitriles is 1. The van der Waals surface area contributed by atoms with Gasteiger partial charge < -0.3 is 14.7 Å². The molecule has 2 saturated heterocycles. The molecule has 1 spiro atoms. The van der Waals surface area contributed by atoms with Gasteiger partial charge in [-0.25, -0.2) is 27.1 Å². The predicted molar refractivity (Wildman–Crippen MR) is 182 cm³/mol. The smallest absolute Gasteiger partial charge is 0.214 e. The molecule has 2 aliphatic rings. The van der Waals surface area contributed by atoms with E-state index in [-0.39, 0.29) is 17.0 Å². The first kappa shape index (κ1) is 32.4. The molecule has 10 nitrogen and oxygen atoms in total. The van der Waals surface area contributed by atoms with E-state index in [1.54, 1.807) is 16.4 Å². The van der Waals surface area contributed by atoms with Crippen molar-refractivity contribution < 1.29 is 12.8 Å². The van der Waals surface area contributed by atoms with Gasteiger partial charge >= 0.3 is 0 Å². The number of halogens is 1. The van der Waals surface area contributed by atoms with Gasteiger partial charge in [0, 0.05) is 50.4 Å². The van der Waals surface area contributed by atoms with E-state index >= 15 is 0 Å². The number of nitrogens with zero attached hydrogens (tertiary/aromatic N) is 8. The Morgan fingerprint density at radius 3 is 2.43 bits per heavy atom. The van der Waals surface area contributed by atoms with Crippen LogP contribution in [-0.2, 0) is 16.4 Å². The molecule has 46 heavy (non-hydrogen) atoms. The van der Waals surface area contributed by atoms with Gasteiger partial charge in [0.2, 0.25) is 10.0 Å². The lowest BCUT2D eigenvalue weighted by Crippen LogP contribution is -2.62. The summed E-state index contributed by atoms with van der Waals surface area (Å²) in [5, 5.41) is 10.5. The number of hydrogen-bond donors (Lipinski definition) is 0. The van der Waals surface area contributed by atoms with Crippen LogP contribution in [0, 0.1) is 29.5 Å². The molecular formula is C33H41FN8O2S2. The van der Waals surface area contributed by atoms with Crippen LogP contribution in [-0.4, -0.2) is 91.6 Å². The van der Waals surface area contributed by atoms with Gasteiger partial charge in [-0.2, -0.15) is 5.26 Å². The van der Waals surface area contributed by atoms with Gasteiger partial charge in [-0.05, 0) is 89.1 Å². The number of benzene rings is 1. The average Bonchev–Trinajstić information content (AvgIpc) is 3.62. The van der Waals surface area contributed by atoms with Crippen molar-refractivity contribution in [3.05, 3.63) is 58.5 Å². The first-order chi connectivity index (χ1) is 21.9. The molecule has 4 aromatic rings. The molecule has 0 bridgehead atoms. The normalized spacial score (nSPS) is 16.7. The minimum atomic E-state index is -3.21. The molecule has 0 aliphatic carbocycles. The molecule has 0 radical (unpaired) electrons. The van der Waals surface area contributed by atoms with E-state index in [0.29, 0.717) is 40.8 Å². The molecule has 0 atom stereocenters. The number of thiazole rings is 1. The van der Waals surface area contributed by atoms with Gasteiger partial charge in [0.05, 0.1) is 17.1 Å². The minimum Gasteiger partial charge on any atom is -0.370 e. The zero-order valence-electron chi connectivity index (χ0n) is 27.1. The summed E-state index contributed by atoms with van der Waals surface area (Å²) in [6, 6.07) is 10.5. The quantitative estimate of drug-likeness (QED) is 0.226. The Balaban J connectivity index is 1.22. The Bertz CT molecular complexity index is 1880. The topological polar surface area (TPSA) is 101 Å². The fraction of sp³-hybridized carbons (Fsp3) is 0.485. The molecule has 0 amide bonds. The van der Waals surface area contributed by atoms with Crippen LogP contribution >= 0.6 is 11.3 Å². The Morgan fingerprint density at radius 1 is 1.11 bits per heavy atom. The van der Waals surface area contributed by atoms with Gasteiger partial charge in [-0.15, -0.1) is 0 Å². The summed E-state index contributed by atoms with van der Waals surface area (Å²) in [6.07, 6.45) is 5.41. The van der Waals surface area contributed by atoms with Crippen LogP contribution in [0.2, 0.25) is 0 Å². The number of anilines is 3. The number of piperidine rings is 1. The Morgan fingerprint density at radius 2 is 1.80 bits per heavy atom. The molecule has 3 aromatic heterocycles. The first-order valence-electron chi connectivity index (χ1n) is 15.7. The highest BCUT2D eigenvalue weighted by molar-refractivity contribution is 7.89. The van der Waals surface area contributed by atoms with Crippen molar-refractivity contribution in [3.8, 4) is 17.3 Å². The van der Waals surface area contributed by atoms with Gasteiger partial charge in [0.15, 0.2) is 5.13 Å². The minimum absolute atomic E-state index is 0.0611. The van der Waals surface area contributed by atoms with E-state index in [4.69, 9.17) is 9.97 Å². The van der Waals surface area contributed by atoms with Crippen LogP contribution in [0.5, 0.6) is 0 Å². The lowest BCUT2D eigenvalue weighted by molar-refractivity contribution is 0.0437. The molecule has 6 rings (SSSR count). The van der Waals surface area contributed by atoms with Crippen LogP contribution in [0.15, 0.2) is 36.5 Å². The van der Waals surface area contributed by atoms with Crippen LogP contribution in [0.3, 0.4) is 0 Å². The molecule has 0 N–H and O–H groups in total. The van der Waals surface area contributed by atoms with Gasteiger partial charge in [0.1, 0.15) is 33.9 Å². The maximum absolute atomic E-state index is 13.6. The zero-order valence-corrected chi connectivity index (χ0v) is 28.8. The van der Waals surface area contributed by atoms with Crippen LogP contribution in [0.1, 0.15) is 42.3 Å². The van der Waals surface area contributed by atoms with Crippen LogP contribution in [0.25, 0.3) is 16.9 Å². The summed E-state index contributed by atoms with van der Waals surface area (Å²) in [6.45, 7) is 7.90. The summed E-state index contributed by atoms with van der Waals surface area (Å²) in [5.74, 6) is 0.770. The third-order valence-corrected chi connectivity index (χ3v) is 12.2. The second-order valence-electron chi connectivity index (χ2n) is 12.9. The van der Waals surface area contributed by atoms with E-state index in [0.717, 1.165) is 67.3 Å². The number of imidazole rings is 1. The Kier molecular flexibility index (Phi) is 8.84. The molecule has 244 valence electrons. The van der Waals surface area contributed by atoms with Crippen molar-refractivity contribution in [2.45, 2.75) is 39.5 Å². The lowest BCUT2D eigenvalue weighted by Gasteiger charge is -2.53. The highest BCUT2D eigenvalue weighted by Gasteiger charge is 2.49. The van der Waals surface area contributed by atoms with E-state index in [2.05, 4.69) is 41.5 Å². The number of fused-ring (bicyclic) bond motifs is 1. The van der Waals surface area contributed by atoms with Crippen molar-refractivity contribution in [3.63, 3.8) is 0 Å². The number of sulfonamides is 1. The second kappa shape index (κ2) is 12.6. The van der Waals surface area contributed by atoms with Gasteiger partial charge in [-0.3, -0.25) is 4.40 Å². The zero-order chi connectivity index (χ0) is 32.8. The van der Waals surface area contributed by atoms with Crippen molar-refractivity contribution in [2.24, 2.45) is 5.41 Å². The van der Waals surface area contributed by atoms with E-state index < -0.39 is 10.0 Å². The van der Waals surface area contributed by atoms with E-state index in [1.807, 2.05) is 30.9 Å². The molecule has 5 heterocycles. The number of hydrogen-bond acceptors (Lipinski definition) is 9. The molecule has 1 aromatic carbocycles. The average molecular weight is 665 g/mol. The van der Waals surface area contributed by atoms with E-state index in [1.165, 1.54) is 23.5 Å². The second-order valence-corrected chi connectivity index (χ2v) is 16.0. The van der Waals surface area contributed by atoms with E-state index in [9.17, 15) is 18.1 Å². The van der Waals surface area contributed by atoms with Crippen LogP contribution in [0.4, 0.5) is 21.0 Å². The fourth-order valence-corrected chi connectivity index (χ4v) is 9.20. The highest BCUT2D eigenvalue weighted by Crippen LogP contribution is 2.43. The summed E-state index contributed by atoms with van der Waals surface area (Å²) >= 11 is 1.30. The summed E-state index contributed by atoms with van der Waals surface area (Å²) in [4.78, 5) is 16.7. The lowest BCUT2D eigenvalue weighted by atomic mass is 9.73. The summed E-state index contributed by atoms with van der Waals surface area (Å²) < 4.78 is 43.1. The number of rotatable bonds is 10. The van der Waals surface area contributed by atoms with Crippen molar-refractivity contribution in [2.75, 3.05) is 69.4 Å². The number of aryl methyl sites for hydroxylation is 2. The van der Waals surface area contributed by atoms with Gasteiger partial charge in [-0.1, -0.05) is 18.3 Å². The fourth-order valence-electron chi connectivity index (χ4n) is 6.66. The third kappa shape index (κ3) is 6.11. The predicted octanol–water partition coefficient (Wildman–Crippen LogP) is 5.29. The monoisotopic (exact) mass is 664 g/mol. The summed E-state index contributed by atoms with van der Waals surface area (Å²) in [7, 11) is 2.67. The third-order valence-electron chi connectivity index (χ3n) is 9.32. The molecule has 2 fully saturated rings. The van der Waals surface area contributed by atoms with Crippen molar-refractivity contribution in [1.82, 2.24) is 23.6 Å². The van der Waals surface area contributed by atoms with Crippen molar-refractivity contribution >= 4 is 43.6 Å². The first-order valence-corrected chi connectivity index (χ1v) is 18.2. The standard InChI is InChI=1S/C33H41FN8O2S2/c1-6-27-31(39(5)32-37-29(28(19-35)45-32)24-8-10-25(34)11-9-24)42-20-26(18-23(2)30(42)36-27)40-15-12-33(13-16-40)21-41(22-33)46(43,44)17-7-14-38(3)4/h8-11,18,20H,6-7,12-17,21-22H2,1-5H3. The maximum atomic E-state index is 13.6. The highest BCUT2D eigenvalue weighted by atomic mass is 32.2. The molecule has 0 unspecified atom stereocenters. The van der Waals surface area contributed by atoms with Crippen LogP contribution < -0.4 is 9.80 Å². The maximum Gasteiger partial charge on any atom is 0.214 e. The Hall–Kier alpha value is -3.57. The van der Waals surface area contributed by atoms with Crippen molar-refractivity contribution in [1.29, 1.82) is 5.26 Å². The molecular weight excluding hydrogens is 624 g/mol. The summed E-state index contributed by atoms with van der Waals surface area (Å²) in [5.41, 5.74) is 5.27.